The monoisotopic (exact) mass is 455 g/mol. The van der Waals surface area contributed by atoms with Crippen LogP contribution in [0.2, 0.25) is 5.02 Å². The van der Waals surface area contributed by atoms with E-state index in [9.17, 15) is 13.5 Å². The van der Waals surface area contributed by atoms with Crippen molar-refractivity contribution in [1.29, 1.82) is 0 Å². The fourth-order valence-electron chi connectivity index (χ4n) is 3.68. The van der Waals surface area contributed by atoms with Gasteiger partial charge < -0.3 is 10.0 Å². The van der Waals surface area contributed by atoms with Crippen molar-refractivity contribution in [3.63, 3.8) is 0 Å². The minimum Gasteiger partial charge on any atom is -0.367 e. The molecule has 0 amide bonds. The molecule has 160 valence electrons. The summed E-state index contributed by atoms with van der Waals surface area (Å²) >= 11 is 6.05. The van der Waals surface area contributed by atoms with Crippen molar-refractivity contribution < 1.29 is 13.5 Å². The molecule has 0 aromatic heterocycles. The molecular weight excluding hydrogens is 434 g/mol. The van der Waals surface area contributed by atoms with Gasteiger partial charge in [0.05, 0.1) is 11.4 Å². The number of benzene rings is 3. The number of primary sulfonamides is 1. The zero-order valence-electron chi connectivity index (χ0n) is 16.8. The summed E-state index contributed by atoms with van der Waals surface area (Å²) in [5, 5.41) is 17.4. The molecular formula is C23H22ClN3O3S. The van der Waals surface area contributed by atoms with Gasteiger partial charge >= 0.3 is 0 Å². The normalized spacial score (nSPS) is 19.9. The van der Waals surface area contributed by atoms with E-state index in [0.29, 0.717) is 16.5 Å². The highest BCUT2D eigenvalue weighted by Gasteiger charge is 2.43. The number of nitrogens with two attached hydrogens (primary N) is 1. The van der Waals surface area contributed by atoms with Gasteiger partial charge in [-0.05, 0) is 54.1 Å². The maximum atomic E-state index is 11.6. The van der Waals surface area contributed by atoms with Crippen molar-refractivity contribution in [2.75, 3.05) is 11.4 Å². The van der Waals surface area contributed by atoms with Gasteiger partial charge in [0.25, 0.3) is 0 Å². The summed E-state index contributed by atoms with van der Waals surface area (Å²) in [7, 11) is -3.80. The Balaban J connectivity index is 1.77. The van der Waals surface area contributed by atoms with Gasteiger partial charge in [0.15, 0.2) is 5.72 Å². The molecule has 0 bridgehead atoms. The van der Waals surface area contributed by atoms with E-state index in [1.54, 1.807) is 24.3 Å². The standard InChI is InChI=1S/C23H22ClN3O3S/c1-16(17-5-3-2-4-6-17)23(28)15-27(20-11-13-21(14-12-20)31(25,29)30)22(26-23)18-7-9-19(24)10-8-18/h2-14,16,28H,15H2,1H3,(H2,25,29,30). The Morgan fingerprint density at radius 1 is 1.03 bits per heavy atom. The number of sulfonamides is 1. The molecule has 0 saturated heterocycles. The SMILES string of the molecule is CC(c1ccccc1)C1(O)CN(c2ccc(S(N)(=O)=O)cc2)C(c2ccc(Cl)cc2)=N1. The number of nitrogens with zero attached hydrogens (tertiary/aromatic N) is 2. The lowest BCUT2D eigenvalue weighted by atomic mass is 9.90. The number of anilines is 1. The first-order chi connectivity index (χ1) is 14.7. The van der Waals surface area contributed by atoms with Crippen molar-refractivity contribution >= 4 is 33.1 Å². The molecule has 3 N–H and O–H groups in total. The van der Waals surface area contributed by atoms with Crippen LogP contribution in [0.25, 0.3) is 0 Å². The lowest BCUT2D eigenvalue weighted by Crippen LogP contribution is -2.40. The topological polar surface area (TPSA) is 96.0 Å². The fraction of sp³-hybridized carbons (Fsp3) is 0.174. The van der Waals surface area contributed by atoms with Gasteiger partial charge in [0, 0.05) is 22.2 Å². The average Bonchev–Trinajstić information content (AvgIpc) is 3.13. The van der Waals surface area contributed by atoms with Crippen LogP contribution in [-0.4, -0.2) is 31.6 Å². The quantitative estimate of drug-likeness (QED) is 0.612. The van der Waals surface area contributed by atoms with Gasteiger partial charge in [-0.15, -0.1) is 0 Å². The van der Waals surface area contributed by atoms with Crippen LogP contribution in [0, 0.1) is 0 Å². The lowest BCUT2D eigenvalue weighted by Gasteiger charge is -2.29. The number of amidine groups is 1. The van der Waals surface area contributed by atoms with Gasteiger partial charge in [-0.2, -0.15) is 0 Å². The number of β-amino-alcohol motifs (C(OH)–C–C–N with tert-alkyl or cyclic N) is 1. The second-order valence-corrected chi connectivity index (χ2v) is 9.58. The molecule has 0 radical (unpaired) electrons. The molecule has 0 spiro atoms. The summed E-state index contributed by atoms with van der Waals surface area (Å²) in [6.07, 6.45) is 0. The van der Waals surface area contributed by atoms with Crippen molar-refractivity contribution in [1.82, 2.24) is 0 Å². The Morgan fingerprint density at radius 2 is 1.65 bits per heavy atom. The van der Waals surface area contributed by atoms with Crippen molar-refractivity contribution in [3.05, 3.63) is 95.0 Å². The third-order valence-corrected chi connectivity index (χ3v) is 6.70. The zero-order valence-corrected chi connectivity index (χ0v) is 18.4. The average molecular weight is 456 g/mol. The smallest absolute Gasteiger partial charge is 0.238 e. The van der Waals surface area contributed by atoms with Crippen LogP contribution >= 0.6 is 11.6 Å². The van der Waals surface area contributed by atoms with E-state index >= 15 is 0 Å². The summed E-state index contributed by atoms with van der Waals surface area (Å²) in [6.45, 7) is 2.14. The number of halogens is 1. The van der Waals surface area contributed by atoms with E-state index in [2.05, 4.69) is 0 Å². The summed E-state index contributed by atoms with van der Waals surface area (Å²) in [5.74, 6) is 0.301. The first-order valence-corrected chi connectivity index (χ1v) is 11.6. The molecule has 3 aromatic carbocycles. The van der Waals surface area contributed by atoms with E-state index in [1.807, 2.05) is 54.3 Å². The third kappa shape index (κ3) is 4.36. The lowest BCUT2D eigenvalue weighted by molar-refractivity contribution is 0.0431. The predicted octanol–water partition coefficient (Wildman–Crippen LogP) is 3.75. The van der Waals surface area contributed by atoms with Gasteiger partial charge in [0.2, 0.25) is 10.0 Å². The van der Waals surface area contributed by atoms with Crippen LogP contribution in [-0.2, 0) is 10.0 Å². The molecule has 6 nitrogen and oxygen atoms in total. The number of hydrogen-bond acceptors (Lipinski definition) is 5. The molecule has 3 aromatic rings. The second-order valence-electron chi connectivity index (χ2n) is 7.58. The zero-order chi connectivity index (χ0) is 22.2. The molecule has 2 atom stereocenters. The minimum atomic E-state index is -3.80. The summed E-state index contributed by atoms with van der Waals surface area (Å²) < 4.78 is 23.2. The van der Waals surface area contributed by atoms with Gasteiger partial charge in [-0.1, -0.05) is 48.9 Å². The Morgan fingerprint density at radius 3 is 2.23 bits per heavy atom. The van der Waals surface area contributed by atoms with Crippen LogP contribution < -0.4 is 10.0 Å². The Kier molecular flexibility index (Phi) is 5.61. The molecule has 1 heterocycles. The summed E-state index contributed by atoms with van der Waals surface area (Å²) in [5.41, 5.74) is 1.07. The number of hydrogen-bond donors (Lipinski definition) is 2. The van der Waals surface area contributed by atoms with Crippen LogP contribution in [0.15, 0.2) is 88.8 Å². The molecule has 0 aliphatic carbocycles. The van der Waals surface area contributed by atoms with Crippen LogP contribution in [0.4, 0.5) is 5.69 Å². The molecule has 4 rings (SSSR count). The fourth-order valence-corrected chi connectivity index (χ4v) is 4.32. The molecule has 1 aliphatic rings. The number of rotatable bonds is 5. The van der Waals surface area contributed by atoms with Crippen LogP contribution in [0.1, 0.15) is 24.0 Å². The van der Waals surface area contributed by atoms with E-state index in [0.717, 1.165) is 11.1 Å². The number of aliphatic imine (C=N–C) groups is 1. The first kappa shape index (κ1) is 21.5. The van der Waals surface area contributed by atoms with E-state index in [1.165, 1.54) is 12.1 Å². The Bertz CT molecular complexity index is 1210. The molecule has 1 aliphatic heterocycles. The highest BCUT2D eigenvalue weighted by Crippen LogP contribution is 2.37. The highest BCUT2D eigenvalue weighted by atomic mass is 35.5. The summed E-state index contributed by atoms with van der Waals surface area (Å²) in [6, 6.07) is 23.1. The largest absolute Gasteiger partial charge is 0.367 e. The van der Waals surface area contributed by atoms with E-state index < -0.39 is 15.7 Å². The van der Waals surface area contributed by atoms with Crippen LogP contribution in [0.5, 0.6) is 0 Å². The van der Waals surface area contributed by atoms with Gasteiger partial charge in [0.1, 0.15) is 5.84 Å². The third-order valence-electron chi connectivity index (χ3n) is 5.52. The van der Waals surface area contributed by atoms with Crippen molar-refractivity contribution in [2.24, 2.45) is 10.1 Å². The predicted molar refractivity (Wildman–Crippen MR) is 123 cm³/mol. The number of aliphatic hydroxyl groups is 1. The molecule has 31 heavy (non-hydrogen) atoms. The van der Waals surface area contributed by atoms with E-state index in [-0.39, 0.29) is 17.4 Å². The van der Waals surface area contributed by atoms with E-state index in [4.69, 9.17) is 21.7 Å². The molecule has 2 unspecified atom stereocenters. The van der Waals surface area contributed by atoms with Gasteiger partial charge in [-0.3, -0.25) is 0 Å². The summed E-state index contributed by atoms with van der Waals surface area (Å²) in [4.78, 5) is 6.63. The Hall–Kier alpha value is -2.71. The first-order valence-electron chi connectivity index (χ1n) is 9.71. The van der Waals surface area contributed by atoms with Crippen LogP contribution in [0.3, 0.4) is 0 Å². The maximum Gasteiger partial charge on any atom is 0.238 e. The minimum absolute atomic E-state index is 0.0216. The highest BCUT2D eigenvalue weighted by molar-refractivity contribution is 7.89. The Labute approximate surface area is 186 Å². The molecule has 8 heteroatoms. The molecule has 0 saturated carbocycles. The van der Waals surface area contributed by atoms with Crippen molar-refractivity contribution in [2.45, 2.75) is 23.5 Å². The second kappa shape index (κ2) is 8.09. The van der Waals surface area contributed by atoms with Crippen molar-refractivity contribution in [3.8, 4) is 0 Å². The maximum absolute atomic E-state index is 11.6. The molecule has 0 fully saturated rings. The van der Waals surface area contributed by atoms with Gasteiger partial charge in [-0.25, -0.2) is 18.5 Å².